The van der Waals surface area contributed by atoms with E-state index in [-0.39, 0.29) is 0 Å². The summed E-state index contributed by atoms with van der Waals surface area (Å²) in [6, 6.07) is 89.0. The van der Waals surface area contributed by atoms with E-state index in [1.807, 2.05) is 0 Å². The lowest BCUT2D eigenvalue weighted by atomic mass is 9.67. The SMILES string of the molecule is c1ccc(N(c2ccc3c4ccccc4n(-c4ccccc4)c3c2)c2ccc(-c3ccc4c(c3)C(c3ccccc3)(c3ccccc3)c3ccccc3-4)c3ccccc23)cc1. The minimum absolute atomic E-state index is 0.467. The van der Waals surface area contributed by atoms with Crippen molar-refractivity contribution in [3.63, 3.8) is 0 Å². The van der Waals surface area contributed by atoms with E-state index >= 15 is 0 Å². The third-order valence-electron chi connectivity index (χ3n) is 12.9. The van der Waals surface area contributed by atoms with Crippen molar-refractivity contribution in [3.05, 3.63) is 265 Å². The van der Waals surface area contributed by atoms with E-state index in [0.29, 0.717) is 0 Å². The molecule has 0 unspecified atom stereocenters. The summed E-state index contributed by atoms with van der Waals surface area (Å²) in [4.78, 5) is 2.42. The summed E-state index contributed by atoms with van der Waals surface area (Å²) in [6.45, 7) is 0. The Balaban J connectivity index is 1.07. The molecule has 0 atom stereocenters. The number of aromatic nitrogens is 1. The summed E-state index contributed by atoms with van der Waals surface area (Å²) in [5.74, 6) is 0. The van der Waals surface area contributed by atoms with Crippen LogP contribution < -0.4 is 4.90 Å². The highest BCUT2D eigenvalue weighted by molar-refractivity contribution is 6.11. The van der Waals surface area contributed by atoms with E-state index in [1.165, 1.54) is 77.1 Å². The lowest BCUT2D eigenvalue weighted by Gasteiger charge is -2.34. The molecule has 286 valence electrons. The molecule has 0 saturated carbocycles. The molecule has 0 saturated heterocycles. The topological polar surface area (TPSA) is 8.17 Å². The molecule has 61 heavy (non-hydrogen) atoms. The van der Waals surface area contributed by atoms with Crippen LogP contribution in [0, 0.1) is 0 Å². The van der Waals surface area contributed by atoms with Crippen LogP contribution in [0.1, 0.15) is 22.3 Å². The van der Waals surface area contributed by atoms with Gasteiger partial charge in [-0.1, -0.05) is 188 Å². The van der Waals surface area contributed by atoms with Gasteiger partial charge in [0.15, 0.2) is 0 Å². The van der Waals surface area contributed by atoms with Crippen LogP contribution in [-0.4, -0.2) is 4.57 Å². The Labute approximate surface area is 355 Å². The molecular weight excluding hydrogens is 737 g/mol. The van der Waals surface area contributed by atoms with Crippen molar-refractivity contribution in [2.24, 2.45) is 0 Å². The lowest BCUT2D eigenvalue weighted by molar-refractivity contribution is 0.769. The van der Waals surface area contributed by atoms with Gasteiger partial charge in [-0.15, -0.1) is 0 Å². The van der Waals surface area contributed by atoms with E-state index in [1.54, 1.807) is 0 Å². The third-order valence-corrected chi connectivity index (χ3v) is 12.9. The molecule has 2 nitrogen and oxygen atoms in total. The predicted molar refractivity (Wildman–Crippen MR) is 256 cm³/mol. The molecular formula is C59H40N2. The van der Waals surface area contributed by atoms with Crippen molar-refractivity contribution < 1.29 is 0 Å². The highest BCUT2D eigenvalue weighted by Crippen LogP contribution is 2.57. The third kappa shape index (κ3) is 5.36. The maximum absolute atomic E-state index is 2.47. The molecule has 1 aliphatic carbocycles. The zero-order valence-corrected chi connectivity index (χ0v) is 33.5. The van der Waals surface area contributed by atoms with Crippen molar-refractivity contribution in [1.29, 1.82) is 0 Å². The van der Waals surface area contributed by atoms with Gasteiger partial charge in [0.05, 0.1) is 22.1 Å². The van der Waals surface area contributed by atoms with Crippen LogP contribution in [0.3, 0.4) is 0 Å². The highest BCUT2D eigenvalue weighted by Gasteiger charge is 2.46. The van der Waals surface area contributed by atoms with Gasteiger partial charge < -0.3 is 9.47 Å². The molecule has 11 aromatic rings. The zero-order chi connectivity index (χ0) is 40.3. The molecule has 1 aromatic heterocycles. The molecule has 0 amide bonds. The van der Waals surface area contributed by atoms with Crippen LogP contribution in [0.15, 0.2) is 243 Å². The summed E-state index contributed by atoms with van der Waals surface area (Å²) >= 11 is 0. The van der Waals surface area contributed by atoms with Crippen molar-refractivity contribution in [1.82, 2.24) is 4.57 Å². The highest BCUT2D eigenvalue weighted by atomic mass is 15.1. The molecule has 0 bridgehead atoms. The number of rotatable bonds is 7. The Morgan fingerprint density at radius 3 is 1.62 bits per heavy atom. The maximum atomic E-state index is 2.47. The van der Waals surface area contributed by atoms with Crippen LogP contribution in [-0.2, 0) is 5.41 Å². The molecule has 1 heterocycles. The largest absolute Gasteiger partial charge is 0.310 e. The number of fused-ring (bicyclic) bond motifs is 7. The first kappa shape index (κ1) is 35.0. The van der Waals surface area contributed by atoms with Crippen LogP contribution in [0.4, 0.5) is 17.1 Å². The van der Waals surface area contributed by atoms with Gasteiger partial charge in [-0.2, -0.15) is 0 Å². The molecule has 0 spiro atoms. The number of anilines is 3. The number of nitrogens with zero attached hydrogens (tertiary/aromatic N) is 2. The van der Waals surface area contributed by atoms with E-state index < -0.39 is 5.41 Å². The van der Waals surface area contributed by atoms with Gasteiger partial charge in [-0.05, 0) is 104 Å². The van der Waals surface area contributed by atoms with Gasteiger partial charge in [0.2, 0.25) is 0 Å². The van der Waals surface area contributed by atoms with E-state index in [9.17, 15) is 0 Å². The standard InChI is InChI=1S/C59H40N2/c1-5-19-42(20-6-1)59(43-21-7-2-8-22-43)54-31-17-15-28-49(54)50-35-33-41(39-55(50)59)47-37-38-57(51-29-14-13-27-48(47)51)60(44-23-9-3-10-24-44)46-34-36-53-52-30-16-18-32-56(52)61(58(53)40-46)45-25-11-4-12-26-45/h1-40H. The Bertz CT molecular complexity index is 3360. The number of hydrogen-bond donors (Lipinski definition) is 0. The minimum atomic E-state index is -0.467. The molecule has 0 aliphatic heterocycles. The zero-order valence-electron chi connectivity index (χ0n) is 33.5. The molecule has 12 rings (SSSR count). The maximum Gasteiger partial charge on any atom is 0.0713 e. The average molecular weight is 777 g/mol. The Morgan fingerprint density at radius 1 is 0.328 bits per heavy atom. The molecule has 1 aliphatic rings. The second-order valence-electron chi connectivity index (χ2n) is 16.0. The Kier molecular flexibility index (Phi) is 8.11. The van der Waals surface area contributed by atoms with Crippen molar-refractivity contribution >= 4 is 49.6 Å². The minimum Gasteiger partial charge on any atom is -0.310 e. The van der Waals surface area contributed by atoms with Gasteiger partial charge in [0.1, 0.15) is 0 Å². The second-order valence-corrected chi connectivity index (χ2v) is 16.0. The summed E-state index contributed by atoms with van der Waals surface area (Å²) in [6.07, 6.45) is 0. The van der Waals surface area contributed by atoms with E-state index in [4.69, 9.17) is 0 Å². The summed E-state index contributed by atoms with van der Waals surface area (Å²) in [5, 5.41) is 4.88. The Morgan fingerprint density at radius 2 is 0.885 bits per heavy atom. The first-order chi connectivity index (χ1) is 30.3. The van der Waals surface area contributed by atoms with Gasteiger partial charge in [0, 0.05) is 33.2 Å². The van der Waals surface area contributed by atoms with E-state index in [0.717, 1.165) is 22.7 Å². The van der Waals surface area contributed by atoms with Gasteiger partial charge in [-0.3, -0.25) is 0 Å². The smallest absolute Gasteiger partial charge is 0.0713 e. The van der Waals surface area contributed by atoms with Gasteiger partial charge in [0.25, 0.3) is 0 Å². The molecule has 10 aromatic carbocycles. The molecule has 0 fully saturated rings. The first-order valence-electron chi connectivity index (χ1n) is 21.1. The fourth-order valence-corrected chi connectivity index (χ4v) is 10.3. The van der Waals surface area contributed by atoms with Gasteiger partial charge in [-0.25, -0.2) is 0 Å². The second kappa shape index (κ2) is 14.1. The summed E-state index contributed by atoms with van der Waals surface area (Å²) < 4.78 is 2.40. The number of hydrogen-bond acceptors (Lipinski definition) is 1. The number of benzene rings is 10. The predicted octanol–water partition coefficient (Wildman–Crippen LogP) is 15.4. The van der Waals surface area contributed by atoms with Crippen molar-refractivity contribution in [2.75, 3.05) is 4.90 Å². The van der Waals surface area contributed by atoms with Crippen LogP contribution >= 0.6 is 0 Å². The lowest BCUT2D eigenvalue weighted by Crippen LogP contribution is -2.28. The quantitative estimate of drug-likeness (QED) is 0.156. The Hall–Kier alpha value is -7.94. The fourth-order valence-electron chi connectivity index (χ4n) is 10.3. The van der Waals surface area contributed by atoms with Crippen LogP contribution in [0.25, 0.3) is 60.5 Å². The van der Waals surface area contributed by atoms with Crippen molar-refractivity contribution in [2.45, 2.75) is 5.41 Å². The summed E-state index contributed by atoms with van der Waals surface area (Å²) in [7, 11) is 0. The van der Waals surface area contributed by atoms with Gasteiger partial charge >= 0.3 is 0 Å². The normalized spacial score (nSPS) is 12.7. The number of para-hydroxylation sites is 3. The van der Waals surface area contributed by atoms with Crippen LogP contribution in [0.2, 0.25) is 0 Å². The molecule has 0 radical (unpaired) electrons. The van der Waals surface area contributed by atoms with Crippen molar-refractivity contribution in [3.8, 4) is 27.9 Å². The average Bonchev–Trinajstić information content (AvgIpc) is 3.83. The summed E-state index contributed by atoms with van der Waals surface area (Å²) in [5.41, 5.74) is 16.5. The first-order valence-corrected chi connectivity index (χ1v) is 21.1. The fraction of sp³-hybridized carbons (Fsp3) is 0.0169. The monoisotopic (exact) mass is 776 g/mol. The molecule has 0 N–H and O–H groups in total. The van der Waals surface area contributed by atoms with Crippen LogP contribution in [0.5, 0.6) is 0 Å². The molecule has 2 heteroatoms. The van der Waals surface area contributed by atoms with E-state index in [2.05, 4.69) is 252 Å².